The molecule has 20 heavy (non-hydrogen) atoms. The molecular weight excluding hydrogens is 259 g/mol. The lowest BCUT2D eigenvalue weighted by atomic mass is 9.75. The van der Waals surface area contributed by atoms with Crippen molar-refractivity contribution in [3.63, 3.8) is 0 Å². The number of amides is 2. The first kappa shape index (κ1) is 15.3. The monoisotopic (exact) mass is 284 g/mol. The van der Waals surface area contributed by atoms with Gasteiger partial charge in [0.25, 0.3) is 0 Å². The van der Waals surface area contributed by atoms with E-state index >= 15 is 0 Å². The number of carbonyl (C=O) groups excluding carboxylic acids is 2. The van der Waals surface area contributed by atoms with Crippen LogP contribution < -0.4 is 5.32 Å². The van der Waals surface area contributed by atoms with Gasteiger partial charge in [-0.3, -0.25) is 14.0 Å². The lowest BCUT2D eigenvalue weighted by Gasteiger charge is -2.53. The summed E-state index contributed by atoms with van der Waals surface area (Å²) in [5.74, 6) is -0.0880. The van der Waals surface area contributed by atoms with Crippen molar-refractivity contribution >= 4 is 11.8 Å². The van der Waals surface area contributed by atoms with E-state index in [4.69, 9.17) is 0 Å². The van der Waals surface area contributed by atoms with Crippen LogP contribution in [0.2, 0.25) is 0 Å². The van der Waals surface area contributed by atoms with Crippen LogP contribution in [0.4, 0.5) is 4.39 Å². The molecule has 1 unspecified atom stereocenters. The summed E-state index contributed by atoms with van der Waals surface area (Å²) in [6, 6.07) is 0. The summed E-state index contributed by atoms with van der Waals surface area (Å²) in [6.07, 6.45) is 5.28. The molecule has 2 fully saturated rings. The van der Waals surface area contributed by atoms with E-state index in [-0.39, 0.29) is 11.8 Å². The van der Waals surface area contributed by atoms with E-state index in [0.717, 1.165) is 19.3 Å². The maximum absolute atomic E-state index is 12.8. The zero-order valence-corrected chi connectivity index (χ0v) is 12.5. The molecule has 5 heteroatoms. The van der Waals surface area contributed by atoms with Gasteiger partial charge in [-0.1, -0.05) is 26.2 Å². The number of hydrogen-bond donors (Lipinski definition) is 1. The van der Waals surface area contributed by atoms with Crippen LogP contribution in [0.3, 0.4) is 0 Å². The first-order valence-corrected chi connectivity index (χ1v) is 7.71. The number of rotatable bonds is 4. The van der Waals surface area contributed by atoms with Gasteiger partial charge in [0, 0.05) is 6.54 Å². The fraction of sp³-hybridized carbons (Fsp3) is 0.867. The van der Waals surface area contributed by atoms with Crippen LogP contribution in [-0.2, 0) is 9.59 Å². The predicted molar refractivity (Wildman–Crippen MR) is 75.0 cm³/mol. The van der Waals surface area contributed by atoms with Gasteiger partial charge in [0.15, 0.2) is 0 Å². The molecule has 0 aromatic rings. The maximum Gasteiger partial charge on any atom is 0.248 e. The Kier molecular flexibility index (Phi) is 4.35. The van der Waals surface area contributed by atoms with Crippen molar-refractivity contribution in [2.24, 2.45) is 0 Å². The number of alkyl halides is 1. The Bertz CT molecular complexity index is 393. The number of nitrogens with one attached hydrogen (secondary N) is 1. The SMILES string of the molecule is CCC1(C)NC(=O)C2(CCCCC2)N(CCCF)C1=O. The zero-order valence-electron chi connectivity index (χ0n) is 12.5. The molecule has 114 valence electrons. The van der Waals surface area contributed by atoms with Crippen LogP contribution in [0.1, 0.15) is 58.8 Å². The molecule has 0 bridgehead atoms. The minimum absolute atomic E-state index is 0.0417. The number of nitrogens with zero attached hydrogens (tertiary/aromatic N) is 1. The summed E-state index contributed by atoms with van der Waals surface area (Å²) in [4.78, 5) is 27.1. The van der Waals surface area contributed by atoms with Crippen LogP contribution in [-0.4, -0.2) is 41.0 Å². The van der Waals surface area contributed by atoms with Crippen LogP contribution in [0.15, 0.2) is 0 Å². The highest BCUT2D eigenvalue weighted by molar-refractivity contribution is 6.02. The topological polar surface area (TPSA) is 49.4 Å². The van der Waals surface area contributed by atoms with Crippen LogP contribution in [0, 0.1) is 0 Å². The molecule has 1 aliphatic heterocycles. The third-order valence-electron chi connectivity index (χ3n) is 4.95. The molecule has 1 saturated carbocycles. The van der Waals surface area contributed by atoms with Gasteiger partial charge in [0.2, 0.25) is 11.8 Å². The fourth-order valence-electron chi connectivity index (χ4n) is 3.44. The van der Waals surface area contributed by atoms with Gasteiger partial charge in [-0.05, 0) is 32.6 Å². The molecule has 4 nitrogen and oxygen atoms in total. The second kappa shape index (κ2) is 5.70. The Balaban J connectivity index is 2.34. The number of carbonyl (C=O) groups is 2. The molecule has 0 radical (unpaired) electrons. The van der Waals surface area contributed by atoms with Crippen molar-refractivity contribution in [3.05, 3.63) is 0 Å². The minimum Gasteiger partial charge on any atom is -0.340 e. The lowest BCUT2D eigenvalue weighted by Crippen LogP contribution is -2.75. The number of hydrogen-bond acceptors (Lipinski definition) is 2. The molecule has 2 rings (SSSR count). The van der Waals surface area contributed by atoms with Gasteiger partial charge in [-0.15, -0.1) is 0 Å². The van der Waals surface area contributed by atoms with E-state index in [1.807, 2.05) is 6.92 Å². The Morgan fingerprint density at radius 2 is 1.90 bits per heavy atom. The first-order valence-electron chi connectivity index (χ1n) is 7.71. The average molecular weight is 284 g/mol. The highest BCUT2D eigenvalue weighted by Gasteiger charge is 2.55. The molecule has 1 saturated heterocycles. The van der Waals surface area contributed by atoms with Gasteiger partial charge in [-0.25, -0.2) is 0 Å². The van der Waals surface area contributed by atoms with Gasteiger partial charge < -0.3 is 10.2 Å². The van der Waals surface area contributed by atoms with Crippen molar-refractivity contribution < 1.29 is 14.0 Å². The Hall–Kier alpha value is -1.13. The third kappa shape index (κ3) is 2.31. The zero-order chi connectivity index (χ0) is 14.8. The van der Waals surface area contributed by atoms with Crippen LogP contribution >= 0.6 is 0 Å². The van der Waals surface area contributed by atoms with Crippen molar-refractivity contribution in [1.29, 1.82) is 0 Å². The summed E-state index contributed by atoms with van der Waals surface area (Å²) >= 11 is 0. The third-order valence-corrected chi connectivity index (χ3v) is 4.95. The molecule has 1 aliphatic carbocycles. The van der Waals surface area contributed by atoms with Crippen LogP contribution in [0.5, 0.6) is 0 Å². The molecule has 1 heterocycles. The molecule has 0 aromatic carbocycles. The predicted octanol–water partition coefficient (Wildman–Crippen LogP) is 2.18. The van der Waals surface area contributed by atoms with E-state index < -0.39 is 17.8 Å². The Labute approximate surface area is 120 Å². The first-order chi connectivity index (χ1) is 9.50. The van der Waals surface area contributed by atoms with Gasteiger partial charge in [0.1, 0.15) is 11.1 Å². The quantitative estimate of drug-likeness (QED) is 0.860. The van der Waals surface area contributed by atoms with E-state index in [9.17, 15) is 14.0 Å². The number of halogens is 1. The fourth-order valence-corrected chi connectivity index (χ4v) is 3.44. The normalized spacial score (nSPS) is 29.6. The Morgan fingerprint density at radius 3 is 2.45 bits per heavy atom. The standard InChI is InChI=1S/C15H25FN2O2/c1-3-14(2)13(20)18(11-7-10-16)15(12(19)17-14)8-5-4-6-9-15/h3-11H2,1-2H3,(H,17,19). The highest BCUT2D eigenvalue weighted by atomic mass is 19.1. The van der Waals surface area contributed by atoms with Gasteiger partial charge in [0.05, 0.1) is 6.67 Å². The summed E-state index contributed by atoms with van der Waals surface area (Å²) in [6.45, 7) is 3.55. The number of piperazine rings is 1. The average Bonchev–Trinajstić information content (AvgIpc) is 2.46. The smallest absolute Gasteiger partial charge is 0.248 e. The summed E-state index contributed by atoms with van der Waals surface area (Å²) in [7, 11) is 0. The maximum atomic E-state index is 12.8. The molecule has 1 N–H and O–H groups in total. The highest BCUT2D eigenvalue weighted by Crippen LogP contribution is 2.39. The molecule has 1 spiro atoms. The van der Waals surface area contributed by atoms with Crippen molar-refractivity contribution in [3.8, 4) is 0 Å². The van der Waals surface area contributed by atoms with Crippen molar-refractivity contribution in [2.75, 3.05) is 13.2 Å². The van der Waals surface area contributed by atoms with Gasteiger partial charge >= 0.3 is 0 Å². The molecule has 2 aliphatic rings. The van der Waals surface area contributed by atoms with E-state index in [0.29, 0.717) is 32.2 Å². The largest absolute Gasteiger partial charge is 0.340 e. The van der Waals surface area contributed by atoms with E-state index in [1.54, 1.807) is 11.8 Å². The molecule has 1 atom stereocenters. The van der Waals surface area contributed by atoms with Crippen molar-refractivity contribution in [1.82, 2.24) is 10.2 Å². The Morgan fingerprint density at radius 1 is 1.25 bits per heavy atom. The summed E-state index contributed by atoms with van der Waals surface area (Å²) in [5.41, 5.74) is -1.56. The second-order valence-electron chi connectivity index (χ2n) is 6.23. The van der Waals surface area contributed by atoms with Crippen LogP contribution in [0.25, 0.3) is 0 Å². The molecular formula is C15H25FN2O2. The van der Waals surface area contributed by atoms with E-state index in [1.165, 1.54) is 0 Å². The van der Waals surface area contributed by atoms with E-state index in [2.05, 4.69) is 5.32 Å². The minimum atomic E-state index is -0.837. The second-order valence-corrected chi connectivity index (χ2v) is 6.23. The summed E-state index contributed by atoms with van der Waals surface area (Å²) in [5, 5.41) is 2.94. The summed E-state index contributed by atoms with van der Waals surface area (Å²) < 4.78 is 12.6. The van der Waals surface area contributed by atoms with Gasteiger partial charge in [-0.2, -0.15) is 0 Å². The van der Waals surface area contributed by atoms with Crippen molar-refractivity contribution in [2.45, 2.75) is 69.9 Å². The lowest BCUT2D eigenvalue weighted by molar-refractivity contribution is -0.165. The molecule has 2 amide bonds. The molecule has 0 aromatic heterocycles.